The molecular formula is C19H36Cl2N4O2. The van der Waals surface area contributed by atoms with Crippen LogP contribution < -0.4 is 10.6 Å². The molecule has 4 unspecified atom stereocenters. The van der Waals surface area contributed by atoms with Crippen molar-refractivity contribution in [3.63, 3.8) is 0 Å². The zero-order valence-corrected chi connectivity index (χ0v) is 18.2. The van der Waals surface area contributed by atoms with Crippen molar-refractivity contribution in [2.75, 3.05) is 32.7 Å². The van der Waals surface area contributed by atoms with E-state index in [4.69, 9.17) is 0 Å². The minimum atomic E-state index is -0.0144. The molecule has 0 aliphatic carbocycles. The molecule has 4 atom stereocenters. The molecule has 0 spiro atoms. The molecule has 0 aromatic rings. The maximum atomic E-state index is 12.7. The van der Waals surface area contributed by atoms with Crippen LogP contribution in [0.2, 0.25) is 0 Å². The molecule has 0 radical (unpaired) electrons. The molecule has 3 aliphatic rings. The molecular weight excluding hydrogens is 387 g/mol. The van der Waals surface area contributed by atoms with Crippen LogP contribution in [0, 0.1) is 5.92 Å². The molecule has 27 heavy (non-hydrogen) atoms. The van der Waals surface area contributed by atoms with Crippen LogP contribution in [-0.4, -0.2) is 72.5 Å². The number of carbonyl (C=O) groups is 2. The highest BCUT2D eigenvalue weighted by Crippen LogP contribution is 2.24. The molecule has 3 rings (SSSR count). The maximum Gasteiger partial charge on any atom is 0.237 e. The quantitative estimate of drug-likeness (QED) is 0.708. The minimum absolute atomic E-state index is 0. The Bertz CT molecular complexity index is 478. The number of hydrogen-bond donors (Lipinski definition) is 2. The van der Waals surface area contributed by atoms with E-state index in [0.29, 0.717) is 31.1 Å². The lowest BCUT2D eigenvalue weighted by molar-refractivity contribution is -0.134. The SMILES string of the molecule is CC1CCC(C)N1CC(=O)N1CCCC(CNC(=O)C2CCCN2)C1.Cl.Cl. The minimum Gasteiger partial charge on any atom is -0.354 e. The number of carbonyl (C=O) groups excluding carboxylic acids is 2. The van der Waals surface area contributed by atoms with E-state index in [1.807, 2.05) is 4.90 Å². The zero-order chi connectivity index (χ0) is 17.8. The number of nitrogens with zero attached hydrogens (tertiary/aromatic N) is 2. The van der Waals surface area contributed by atoms with Gasteiger partial charge < -0.3 is 15.5 Å². The lowest BCUT2D eigenvalue weighted by atomic mass is 9.97. The standard InChI is InChI=1S/C19H34N4O2.2ClH/c1-14-7-8-15(2)23(14)13-18(24)22-10-4-5-16(12-22)11-21-19(25)17-6-3-9-20-17;;/h14-17,20H,3-13H2,1-2H3,(H,21,25);2*1H. The first-order valence-corrected chi connectivity index (χ1v) is 10.1. The van der Waals surface area contributed by atoms with E-state index in [0.717, 1.165) is 45.3 Å². The van der Waals surface area contributed by atoms with E-state index < -0.39 is 0 Å². The second kappa shape index (κ2) is 11.4. The summed E-state index contributed by atoms with van der Waals surface area (Å²) in [5.41, 5.74) is 0. The summed E-state index contributed by atoms with van der Waals surface area (Å²) in [6.45, 7) is 8.28. The molecule has 0 saturated carbocycles. The first-order chi connectivity index (χ1) is 12.0. The van der Waals surface area contributed by atoms with Crippen molar-refractivity contribution in [1.29, 1.82) is 0 Å². The number of nitrogens with one attached hydrogen (secondary N) is 2. The Kier molecular flexibility index (Phi) is 10.4. The van der Waals surface area contributed by atoms with Crippen LogP contribution in [0.15, 0.2) is 0 Å². The largest absolute Gasteiger partial charge is 0.354 e. The van der Waals surface area contributed by atoms with Gasteiger partial charge in [0.2, 0.25) is 11.8 Å². The van der Waals surface area contributed by atoms with Crippen LogP contribution >= 0.6 is 24.8 Å². The van der Waals surface area contributed by atoms with E-state index in [1.165, 1.54) is 12.8 Å². The number of rotatable bonds is 5. The lowest BCUT2D eigenvalue weighted by Gasteiger charge is -2.35. The molecule has 3 heterocycles. The van der Waals surface area contributed by atoms with E-state index in [2.05, 4.69) is 29.4 Å². The average molecular weight is 423 g/mol. The van der Waals surface area contributed by atoms with Crippen molar-refractivity contribution in [2.45, 2.75) is 70.5 Å². The molecule has 2 amide bonds. The molecule has 0 aromatic heterocycles. The van der Waals surface area contributed by atoms with Gasteiger partial charge in [0.25, 0.3) is 0 Å². The van der Waals surface area contributed by atoms with Crippen molar-refractivity contribution in [1.82, 2.24) is 20.4 Å². The van der Waals surface area contributed by atoms with Gasteiger partial charge in [-0.2, -0.15) is 0 Å². The van der Waals surface area contributed by atoms with Crippen LogP contribution in [0.1, 0.15) is 52.4 Å². The summed E-state index contributed by atoms with van der Waals surface area (Å²) >= 11 is 0. The highest BCUT2D eigenvalue weighted by atomic mass is 35.5. The third-order valence-corrected chi connectivity index (χ3v) is 6.27. The number of halogens is 2. The Morgan fingerprint density at radius 1 is 1.04 bits per heavy atom. The van der Waals surface area contributed by atoms with Gasteiger partial charge in [0, 0.05) is 31.7 Å². The maximum absolute atomic E-state index is 12.7. The van der Waals surface area contributed by atoms with Crippen LogP contribution in [0.4, 0.5) is 0 Å². The summed E-state index contributed by atoms with van der Waals surface area (Å²) in [5, 5.41) is 6.33. The smallest absolute Gasteiger partial charge is 0.237 e. The first-order valence-electron chi connectivity index (χ1n) is 10.1. The van der Waals surface area contributed by atoms with E-state index in [1.54, 1.807) is 0 Å². The van der Waals surface area contributed by atoms with Gasteiger partial charge in [0.15, 0.2) is 0 Å². The monoisotopic (exact) mass is 422 g/mol. The molecule has 2 N–H and O–H groups in total. The first kappa shape index (κ1) is 24.5. The fourth-order valence-corrected chi connectivity index (χ4v) is 4.55. The summed E-state index contributed by atoms with van der Waals surface area (Å²) in [4.78, 5) is 29.2. The fraction of sp³-hybridized carbons (Fsp3) is 0.895. The fourth-order valence-electron chi connectivity index (χ4n) is 4.55. The van der Waals surface area contributed by atoms with Gasteiger partial charge in [-0.15, -0.1) is 24.8 Å². The predicted octanol–water partition coefficient (Wildman–Crippen LogP) is 1.81. The third-order valence-electron chi connectivity index (χ3n) is 6.27. The molecule has 6 nitrogen and oxygen atoms in total. The lowest BCUT2D eigenvalue weighted by Crippen LogP contribution is -2.49. The van der Waals surface area contributed by atoms with Gasteiger partial charge in [-0.3, -0.25) is 14.5 Å². The van der Waals surface area contributed by atoms with Crippen molar-refractivity contribution in [2.24, 2.45) is 5.92 Å². The van der Waals surface area contributed by atoms with Crippen molar-refractivity contribution in [3.8, 4) is 0 Å². The van der Waals surface area contributed by atoms with Gasteiger partial charge in [0.1, 0.15) is 0 Å². The molecule has 3 saturated heterocycles. The average Bonchev–Trinajstić information content (AvgIpc) is 3.26. The van der Waals surface area contributed by atoms with Gasteiger partial charge in [0.05, 0.1) is 12.6 Å². The van der Waals surface area contributed by atoms with E-state index in [9.17, 15) is 9.59 Å². The summed E-state index contributed by atoms with van der Waals surface area (Å²) in [5.74, 6) is 0.770. The number of piperidine rings is 1. The van der Waals surface area contributed by atoms with Crippen LogP contribution in [0.5, 0.6) is 0 Å². The normalized spacial score (nSPS) is 31.1. The van der Waals surface area contributed by atoms with E-state index >= 15 is 0 Å². The Morgan fingerprint density at radius 3 is 2.37 bits per heavy atom. The third kappa shape index (κ3) is 6.48. The van der Waals surface area contributed by atoms with Crippen LogP contribution in [-0.2, 0) is 9.59 Å². The van der Waals surface area contributed by atoms with E-state index in [-0.39, 0.29) is 42.7 Å². The van der Waals surface area contributed by atoms with Gasteiger partial charge in [-0.25, -0.2) is 0 Å². The van der Waals surface area contributed by atoms with Gasteiger partial charge in [-0.1, -0.05) is 0 Å². The number of amides is 2. The van der Waals surface area contributed by atoms with Gasteiger partial charge in [-0.05, 0) is 64.8 Å². The second-order valence-corrected chi connectivity index (χ2v) is 8.19. The molecule has 158 valence electrons. The molecule has 3 aliphatic heterocycles. The molecule has 3 fully saturated rings. The molecule has 0 bridgehead atoms. The Hall–Kier alpha value is -0.560. The zero-order valence-electron chi connectivity index (χ0n) is 16.6. The summed E-state index contributed by atoms with van der Waals surface area (Å²) in [6, 6.07) is 1.01. The molecule has 8 heteroatoms. The summed E-state index contributed by atoms with van der Waals surface area (Å²) in [7, 11) is 0. The second-order valence-electron chi connectivity index (χ2n) is 8.19. The Balaban J connectivity index is 0.00000182. The van der Waals surface area contributed by atoms with Crippen LogP contribution in [0.3, 0.4) is 0 Å². The van der Waals surface area contributed by atoms with Crippen molar-refractivity contribution < 1.29 is 9.59 Å². The van der Waals surface area contributed by atoms with Crippen molar-refractivity contribution >= 4 is 36.6 Å². The Labute approximate surface area is 176 Å². The summed E-state index contributed by atoms with van der Waals surface area (Å²) in [6.07, 6.45) is 6.54. The van der Waals surface area contributed by atoms with Crippen molar-refractivity contribution in [3.05, 3.63) is 0 Å². The highest BCUT2D eigenvalue weighted by molar-refractivity contribution is 5.85. The summed E-state index contributed by atoms with van der Waals surface area (Å²) < 4.78 is 0. The topological polar surface area (TPSA) is 64.7 Å². The highest BCUT2D eigenvalue weighted by Gasteiger charge is 2.32. The van der Waals surface area contributed by atoms with Crippen LogP contribution in [0.25, 0.3) is 0 Å². The predicted molar refractivity (Wildman–Crippen MR) is 113 cm³/mol. The Morgan fingerprint density at radius 2 is 1.74 bits per heavy atom. The number of hydrogen-bond acceptors (Lipinski definition) is 4. The van der Waals surface area contributed by atoms with Gasteiger partial charge >= 0.3 is 0 Å². The number of likely N-dealkylation sites (tertiary alicyclic amines) is 2. The molecule has 0 aromatic carbocycles.